The minimum Gasteiger partial charge on any atom is -0.249 e. The van der Waals surface area contributed by atoms with Crippen LogP contribution in [0.15, 0.2) is 0 Å². The standard InChI is InChI=1S/C7H16FNO2S/c1-6(2)12(10,11)9-7(3,4)5-8/h6,9H,5H2,1-4H3. The Morgan fingerprint density at radius 1 is 1.42 bits per heavy atom. The van der Waals surface area contributed by atoms with E-state index in [-0.39, 0.29) is 0 Å². The number of sulfonamides is 1. The van der Waals surface area contributed by atoms with E-state index in [1.54, 1.807) is 13.8 Å². The highest BCUT2D eigenvalue weighted by atomic mass is 32.2. The molecule has 3 nitrogen and oxygen atoms in total. The van der Waals surface area contributed by atoms with Gasteiger partial charge in [0.25, 0.3) is 0 Å². The van der Waals surface area contributed by atoms with Crippen molar-refractivity contribution in [3.63, 3.8) is 0 Å². The maximum absolute atomic E-state index is 12.2. The topological polar surface area (TPSA) is 46.2 Å². The average Bonchev–Trinajstić information content (AvgIpc) is 1.85. The van der Waals surface area contributed by atoms with E-state index >= 15 is 0 Å². The first-order valence-corrected chi connectivity index (χ1v) is 5.34. The average molecular weight is 197 g/mol. The van der Waals surface area contributed by atoms with E-state index in [0.29, 0.717) is 0 Å². The highest BCUT2D eigenvalue weighted by Crippen LogP contribution is 2.07. The molecule has 12 heavy (non-hydrogen) atoms. The molecule has 0 heterocycles. The number of hydrogen-bond donors (Lipinski definition) is 1. The molecule has 0 unspecified atom stereocenters. The molecule has 0 amide bonds. The third-order valence-corrected chi connectivity index (χ3v) is 3.45. The second-order valence-electron chi connectivity index (χ2n) is 3.71. The van der Waals surface area contributed by atoms with Crippen LogP contribution in [0.4, 0.5) is 4.39 Å². The van der Waals surface area contributed by atoms with Crippen LogP contribution in [0.5, 0.6) is 0 Å². The zero-order chi connectivity index (χ0) is 9.99. The maximum atomic E-state index is 12.2. The predicted molar refractivity (Wildman–Crippen MR) is 47.2 cm³/mol. The summed E-state index contributed by atoms with van der Waals surface area (Å²) in [6.45, 7) is 5.41. The van der Waals surface area contributed by atoms with Crippen LogP contribution in [-0.4, -0.2) is 25.9 Å². The minimum absolute atomic E-state index is 0.525. The molecule has 0 aliphatic heterocycles. The molecule has 0 radical (unpaired) electrons. The zero-order valence-corrected chi connectivity index (χ0v) is 8.70. The Balaban J connectivity index is 4.47. The number of halogens is 1. The summed E-state index contributed by atoms with van der Waals surface area (Å²) in [6.07, 6.45) is 0. The van der Waals surface area contributed by atoms with Crippen molar-refractivity contribution >= 4 is 10.0 Å². The van der Waals surface area contributed by atoms with Crippen LogP contribution in [0.25, 0.3) is 0 Å². The van der Waals surface area contributed by atoms with E-state index in [1.807, 2.05) is 0 Å². The molecular formula is C7H16FNO2S. The third kappa shape index (κ3) is 3.49. The molecule has 0 spiro atoms. The van der Waals surface area contributed by atoms with Gasteiger partial charge < -0.3 is 0 Å². The molecule has 0 bridgehead atoms. The van der Waals surface area contributed by atoms with Gasteiger partial charge in [0.1, 0.15) is 6.67 Å². The summed E-state index contributed by atoms with van der Waals surface area (Å²) < 4.78 is 37.0. The lowest BCUT2D eigenvalue weighted by molar-refractivity contribution is 0.325. The van der Waals surface area contributed by atoms with Crippen molar-refractivity contribution < 1.29 is 12.8 Å². The van der Waals surface area contributed by atoms with Gasteiger partial charge >= 0.3 is 0 Å². The fraction of sp³-hybridized carbons (Fsp3) is 1.00. The lowest BCUT2D eigenvalue weighted by Gasteiger charge is -2.23. The molecule has 0 atom stereocenters. The fourth-order valence-electron chi connectivity index (χ4n) is 0.530. The summed E-state index contributed by atoms with van der Waals surface area (Å²) in [6, 6.07) is 0. The second-order valence-corrected chi connectivity index (χ2v) is 5.95. The van der Waals surface area contributed by atoms with Gasteiger partial charge in [-0.05, 0) is 27.7 Å². The van der Waals surface area contributed by atoms with Gasteiger partial charge in [0.15, 0.2) is 0 Å². The summed E-state index contributed by atoms with van der Waals surface area (Å²) in [4.78, 5) is 0. The van der Waals surface area contributed by atoms with Crippen molar-refractivity contribution in [3.05, 3.63) is 0 Å². The molecule has 0 saturated heterocycles. The molecule has 5 heteroatoms. The van der Waals surface area contributed by atoms with Crippen LogP contribution in [-0.2, 0) is 10.0 Å². The van der Waals surface area contributed by atoms with Crippen LogP contribution in [0.2, 0.25) is 0 Å². The van der Waals surface area contributed by atoms with Crippen LogP contribution in [0.3, 0.4) is 0 Å². The Labute approximate surface area is 73.4 Å². The largest absolute Gasteiger partial charge is 0.249 e. The molecule has 0 saturated carbocycles. The quantitative estimate of drug-likeness (QED) is 0.732. The SMILES string of the molecule is CC(C)S(=O)(=O)NC(C)(C)CF. The summed E-state index contributed by atoms with van der Waals surface area (Å²) >= 11 is 0. The second kappa shape index (κ2) is 3.70. The van der Waals surface area contributed by atoms with Gasteiger partial charge in [-0.15, -0.1) is 0 Å². The van der Waals surface area contributed by atoms with Gasteiger partial charge in [-0.3, -0.25) is 0 Å². The molecule has 0 aliphatic rings. The first-order chi connectivity index (χ1) is 5.21. The Bertz CT molecular complexity index is 234. The zero-order valence-electron chi connectivity index (χ0n) is 7.89. The summed E-state index contributed by atoms with van der Waals surface area (Å²) in [7, 11) is -3.36. The molecule has 0 aromatic rings. The van der Waals surface area contributed by atoms with E-state index < -0.39 is 27.5 Å². The molecule has 1 N–H and O–H groups in total. The van der Waals surface area contributed by atoms with Crippen molar-refractivity contribution in [1.82, 2.24) is 4.72 Å². The maximum Gasteiger partial charge on any atom is 0.214 e. The highest BCUT2D eigenvalue weighted by molar-refractivity contribution is 7.90. The van der Waals surface area contributed by atoms with Crippen LogP contribution in [0.1, 0.15) is 27.7 Å². The van der Waals surface area contributed by atoms with Crippen LogP contribution in [0, 0.1) is 0 Å². The Hall–Kier alpha value is -0.160. The van der Waals surface area contributed by atoms with E-state index in [9.17, 15) is 12.8 Å². The summed E-state index contributed by atoms with van der Waals surface area (Å²) in [5.41, 5.74) is -0.997. The number of nitrogens with one attached hydrogen (secondary N) is 1. The third-order valence-electron chi connectivity index (χ3n) is 1.37. The first kappa shape index (κ1) is 11.8. The molecule has 0 fully saturated rings. The van der Waals surface area contributed by atoms with Crippen LogP contribution < -0.4 is 4.72 Å². The predicted octanol–water partition coefficient (Wildman–Crippen LogP) is 1.06. The van der Waals surface area contributed by atoms with E-state index in [0.717, 1.165) is 0 Å². The van der Waals surface area contributed by atoms with Gasteiger partial charge in [-0.25, -0.2) is 17.5 Å². The van der Waals surface area contributed by atoms with Gasteiger partial charge in [0.2, 0.25) is 10.0 Å². The lowest BCUT2D eigenvalue weighted by Crippen LogP contribution is -2.47. The summed E-state index contributed by atoms with van der Waals surface area (Å²) in [5, 5.41) is -0.525. The van der Waals surface area contributed by atoms with Gasteiger partial charge in [-0.1, -0.05) is 0 Å². The lowest BCUT2D eigenvalue weighted by atomic mass is 10.1. The summed E-state index contributed by atoms with van der Waals surface area (Å²) in [5.74, 6) is 0. The van der Waals surface area contributed by atoms with Crippen LogP contribution >= 0.6 is 0 Å². The van der Waals surface area contributed by atoms with E-state index in [4.69, 9.17) is 0 Å². The molecule has 0 rings (SSSR count). The van der Waals surface area contributed by atoms with Gasteiger partial charge in [0, 0.05) is 0 Å². The van der Waals surface area contributed by atoms with Gasteiger partial charge in [-0.2, -0.15) is 0 Å². The fourth-order valence-corrected chi connectivity index (χ4v) is 1.59. The minimum atomic E-state index is -3.36. The molecule has 0 aliphatic carbocycles. The number of hydrogen-bond acceptors (Lipinski definition) is 2. The Morgan fingerprint density at radius 3 is 2.08 bits per heavy atom. The first-order valence-electron chi connectivity index (χ1n) is 3.80. The molecule has 0 aromatic carbocycles. The molecular weight excluding hydrogens is 181 g/mol. The van der Waals surface area contributed by atoms with Gasteiger partial charge in [0.05, 0.1) is 10.8 Å². The number of rotatable bonds is 4. The van der Waals surface area contributed by atoms with Crippen molar-refractivity contribution in [3.8, 4) is 0 Å². The monoisotopic (exact) mass is 197 g/mol. The molecule has 0 aromatic heterocycles. The smallest absolute Gasteiger partial charge is 0.214 e. The van der Waals surface area contributed by atoms with E-state index in [1.165, 1.54) is 13.8 Å². The normalized spacial score (nSPS) is 13.8. The van der Waals surface area contributed by atoms with Crippen molar-refractivity contribution in [1.29, 1.82) is 0 Å². The van der Waals surface area contributed by atoms with E-state index in [2.05, 4.69) is 4.72 Å². The number of alkyl halides is 1. The Kier molecular flexibility index (Phi) is 3.65. The van der Waals surface area contributed by atoms with Crippen molar-refractivity contribution in [2.24, 2.45) is 0 Å². The highest BCUT2D eigenvalue weighted by Gasteiger charge is 2.26. The molecule has 74 valence electrons. The Morgan fingerprint density at radius 2 is 1.83 bits per heavy atom. The van der Waals surface area contributed by atoms with Crippen molar-refractivity contribution in [2.45, 2.75) is 38.5 Å². The van der Waals surface area contributed by atoms with Crippen molar-refractivity contribution in [2.75, 3.05) is 6.67 Å².